The molecule has 0 amide bonds. The molecule has 0 radical (unpaired) electrons. The first-order valence-corrected chi connectivity index (χ1v) is 25.3. The number of pyridine rings is 1. The summed E-state index contributed by atoms with van der Waals surface area (Å²) in [5.74, 6) is 1.97. The second-order valence-electron chi connectivity index (χ2n) is 22.6. The monoisotopic (exact) mass is 1120 g/mol. The number of para-hydroxylation sites is 2. The van der Waals surface area contributed by atoms with Crippen molar-refractivity contribution < 1.29 is 37.8 Å². The molecule has 1 aliphatic carbocycles. The number of aromatic nitrogens is 4. The Morgan fingerprint density at radius 2 is 1.08 bits per heavy atom. The van der Waals surface area contributed by atoms with Gasteiger partial charge in [0.25, 0.3) is 0 Å². The minimum absolute atomic E-state index is 0.0289. The molecule has 0 spiro atoms. The fourth-order valence-electron chi connectivity index (χ4n) is 10.7. The molecule has 0 saturated heterocycles. The molecular formula is C65H64N4OPt. The van der Waals surface area contributed by atoms with Crippen LogP contribution < -0.4 is 4.74 Å². The molecule has 71 heavy (non-hydrogen) atoms. The third-order valence-electron chi connectivity index (χ3n) is 15.9. The van der Waals surface area contributed by atoms with Crippen LogP contribution in [0.2, 0.25) is 0 Å². The molecule has 0 aliphatic heterocycles. The number of benzene rings is 7. The standard InChI is InChI=1S/C65H64N4O.Pt/c1-61(2,3)44-32-33-66-59(36-44)69-57-38-48(30-31-49(57)52-39-53-54(40-58(52)69)64(9,10)65(11,12)63(53,7)8)70-47-27-21-26-46(37-47)67-41-68(56-29-20-19-28-55(56)67)60-50(42-22-15-13-16-23-42)34-45(62(4,5)6)35-51(60)43-24-17-14-18-25-43;/h13-40H,1-12H3;/i13D,14D,15D,16D,17D,18D,22D,23D,24D,25D;. The first kappa shape index (κ1) is 36.4. The first-order valence-electron chi connectivity index (χ1n) is 29.2. The van der Waals surface area contributed by atoms with Gasteiger partial charge in [-0.2, -0.15) is 0 Å². The Labute approximate surface area is 444 Å². The summed E-state index contributed by atoms with van der Waals surface area (Å²) in [5.41, 5.74) is 8.07. The number of hydrogen-bond acceptors (Lipinski definition) is 2. The van der Waals surface area contributed by atoms with Gasteiger partial charge in [0.05, 0.1) is 0 Å². The Bertz CT molecular complexity index is 4270. The Morgan fingerprint density at radius 3 is 1.69 bits per heavy atom. The maximum absolute atomic E-state index is 9.35. The van der Waals surface area contributed by atoms with Gasteiger partial charge >= 0.3 is 333 Å². The number of imidazole rings is 1. The van der Waals surface area contributed by atoms with E-state index in [2.05, 4.69) is 123 Å². The molecular weight excluding hydrogens is 1050 g/mol. The van der Waals surface area contributed by atoms with E-state index >= 15 is 0 Å². The van der Waals surface area contributed by atoms with Crippen LogP contribution in [-0.4, -0.2) is 18.7 Å². The fourth-order valence-corrected chi connectivity index (χ4v) is 11.8. The van der Waals surface area contributed by atoms with Crippen LogP contribution in [0, 0.1) is 9.22 Å². The fraction of sp³-hybridized carbons (Fsp3) is 0.262. The minimum atomic E-state index is -0.629. The van der Waals surface area contributed by atoms with E-state index in [4.69, 9.17) is 17.9 Å². The van der Waals surface area contributed by atoms with Gasteiger partial charge in [-0.25, -0.2) is 0 Å². The van der Waals surface area contributed by atoms with Crippen LogP contribution in [0.15, 0.2) is 170 Å². The van der Waals surface area contributed by atoms with Crippen molar-refractivity contribution in [3.63, 3.8) is 0 Å². The predicted molar refractivity (Wildman–Crippen MR) is 293 cm³/mol. The molecule has 0 unspecified atom stereocenters. The molecule has 0 atom stereocenters. The maximum atomic E-state index is 9.35. The molecule has 0 fully saturated rings. The molecule has 10 aromatic rings. The Balaban J connectivity index is 1.13. The van der Waals surface area contributed by atoms with Crippen LogP contribution in [0.1, 0.15) is 119 Å². The normalized spacial score (nSPS) is 17.2. The summed E-state index contributed by atoms with van der Waals surface area (Å²) in [4.78, 5) is 5.03. The average molecular weight is 1120 g/mol. The van der Waals surface area contributed by atoms with Gasteiger partial charge in [-0.15, -0.1) is 0 Å². The molecule has 11 rings (SSSR count). The van der Waals surface area contributed by atoms with Gasteiger partial charge in [-0.3, -0.25) is 0 Å². The SMILES string of the molecule is [2H]c1c([2H])c([2H])c(-c2cc(C(C)(C)C)cc(-c3c([2H])c([2H])c([2H])c([2H])c3[2H])c2-n2[c](=[Pt])n(-c3cccc(Oc4ccc5c6cc7c(cc6n(-c6cc(C(C)(C)C)ccn6)c5c4)C(C)(C)C(C)(C)C7(C)C)c3)c3ccccc32)c([2H])c1[2H]. The number of fused-ring (bicyclic) bond motifs is 5. The number of hydrogen-bond donors (Lipinski definition) is 0. The zero-order valence-corrected chi connectivity index (χ0v) is 44.7. The van der Waals surface area contributed by atoms with Gasteiger partial charge in [-0.05, 0) is 44.4 Å². The second kappa shape index (κ2) is 16.5. The summed E-state index contributed by atoms with van der Waals surface area (Å²) in [5, 5.41) is 2.22. The van der Waals surface area contributed by atoms with Gasteiger partial charge in [0, 0.05) is 6.20 Å². The summed E-state index contributed by atoms with van der Waals surface area (Å²) in [6, 6.07) is 29.2. The summed E-state index contributed by atoms with van der Waals surface area (Å²) in [7, 11) is 0. The second-order valence-corrected chi connectivity index (χ2v) is 23.6. The third kappa shape index (κ3) is 7.44. The Morgan fingerprint density at radius 1 is 0.521 bits per heavy atom. The van der Waals surface area contributed by atoms with Crippen molar-refractivity contribution in [2.75, 3.05) is 0 Å². The molecule has 1 aliphatic rings. The molecule has 0 N–H and O–H groups in total. The Hall–Kier alpha value is -6.55. The summed E-state index contributed by atoms with van der Waals surface area (Å²) < 4.78 is 103. The van der Waals surface area contributed by atoms with Crippen molar-refractivity contribution in [3.8, 4) is 50.9 Å². The molecule has 0 saturated carbocycles. The van der Waals surface area contributed by atoms with E-state index in [0.29, 0.717) is 32.1 Å². The molecule has 360 valence electrons. The molecule has 6 heteroatoms. The van der Waals surface area contributed by atoms with Gasteiger partial charge in [0.15, 0.2) is 0 Å². The van der Waals surface area contributed by atoms with Crippen LogP contribution >= 0.6 is 0 Å². The van der Waals surface area contributed by atoms with Gasteiger partial charge < -0.3 is 0 Å². The van der Waals surface area contributed by atoms with Crippen molar-refractivity contribution in [1.29, 1.82) is 0 Å². The summed E-state index contributed by atoms with van der Waals surface area (Å²) in [6.45, 7) is 26.7. The van der Waals surface area contributed by atoms with Crippen molar-refractivity contribution in [1.82, 2.24) is 18.7 Å². The van der Waals surface area contributed by atoms with E-state index in [1.54, 1.807) is 12.1 Å². The van der Waals surface area contributed by atoms with Gasteiger partial charge in [0.2, 0.25) is 0 Å². The number of ether oxygens (including phenoxy) is 1. The van der Waals surface area contributed by atoms with Crippen LogP contribution in [0.4, 0.5) is 0 Å². The van der Waals surface area contributed by atoms with Crippen LogP contribution in [0.25, 0.3) is 72.3 Å². The Kier molecular flexibility index (Phi) is 8.46. The predicted octanol–water partition coefficient (Wildman–Crippen LogP) is 17.3. The van der Waals surface area contributed by atoms with Crippen LogP contribution in [-0.2, 0) is 41.0 Å². The summed E-state index contributed by atoms with van der Waals surface area (Å²) in [6.07, 6.45) is 1.90. The third-order valence-corrected chi connectivity index (χ3v) is 17.0. The topological polar surface area (TPSA) is 36.9 Å². The zero-order valence-electron chi connectivity index (χ0n) is 52.4. The molecule has 0 bridgehead atoms. The molecule has 3 aromatic heterocycles. The van der Waals surface area contributed by atoms with E-state index in [1.807, 2.05) is 90.7 Å². The van der Waals surface area contributed by atoms with E-state index in [0.717, 1.165) is 33.1 Å². The molecule has 7 aromatic carbocycles. The summed E-state index contributed by atoms with van der Waals surface area (Å²) >= 11 is 2.21. The zero-order chi connectivity index (χ0) is 58.7. The first-order chi connectivity index (χ1) is 37.8. The van der Waals surface area contributed by atoms with E-state index in [-0.39, 0.29) is 49.6 Å². The van der Waals surface area contributed by atoms with E-state index in [9.17, 15) is 5.48 Å². The quantitative estimate of drug-likeness (QED) is 0.159. The van der Waals surface area contributed by atoms with Crippen molar-refractivity contribution in [2.45, 2.75) is 105 Å². The average Bonchev–Trinajstić information content (AvgIpc) is 4.11. The van der Waals surface area contributed by atoms with Crippen molar-refractivity contribution in [3.05, 3.63) is 196 Å². The van der Waals surface area contributed by atoms with E-state index in [1.165, 1.54) is 16.7 Å². The van der Waals surface area contributed by atoms with E-state index < -0.39 is 65.8 Å². The van der Waals surface area contributed by atoms with Crippen molar-refractivity contribution in [2.24, 2.45) is 5.41 Å². The molecule has 5 nitrogen and oxygen atoms in total. The van der Waals surface area contributed by atoms with Crippen LogP contribution in [0.3, 0.4) is 0 Å². The van der Waals surface area contributed by atoms with Crippen LogP contribution in [0.5, 0.6) is 11.5 Å². The number of nitrogens with zero attached hydrogens (tertiary/aromatic N) is 4. The molecule has 3 heterocycles. The van der Waals surface area contributed by atoms with Gasteiger partial charge in [0.1, 0.15) is 0 Å². The van der Waals surface area contributed by atoms with Crippen molar-refractivity contribution >= 4 is 32.8 Å². The number of rotatable bonds is 7. The van der Waals surface area contributed by atoms with Gasteiger partial charge in [-0.1, -0.05) is 62.3 Å².